The molecule has 0 aliphatic rings. The molecule has 6 heteroatoms. The van der Waals surface area contributed by atoms with E-state index in [9.17, 15) is 14.0 Å². The first-order valence-corrected chi connectivity index (χ1v) is 4.79. The molecule has 86 valence electrons. The van der Waals surface area contributed by atoms with Crippen molar-refractivity contribution in [2.75, 3.05) is 0 Å². The van der Waals surface area contributed by atoms with Gasteiger partial charge in [-0.3, -0.25) is 9.59 Å². The number of carboxylic acid groups (broad SMARTS) is 1. The van der Waals surface area contributed by atoms with E-state index in [1.165, 1.54) is 18.2 Å². The standard InChI is InChI=1S/C10H9ClFNO3/c11-7-3-6(1-2-8(7)12)5-13-9(14)4-10(15)16/h1-3H,4-5H2,(H,13,14)(H,15,16). The smallest absolute Gasteiger partial charge is 0.312 e. The van der Waals surface area contributed by atoms with Crippen LogP contribution in [0, 0.1) is 5.82 Å². The van der Waals surface area contributed by atoms with Crippen molar-refractivity contribution in [2.45, 2.75) is 13.0 Å². The van der Waals surface area contributed by atoms with Crippen LogP contribution in [0.1, 0.15) is 12.0 Å². The van der Waals surface area contributed by atoms with E-state index in [-0.39, 0.29) is 11.6 Å². The topological polar surface area (TPSA) is 66.4 Å². The van der Waals surface area contributed by atoms with Gasteiger partial charge in [-0.25, -0.2) is 4.39 Å². The van der Waals surface area contributed by atoms with E-state index in [1.54, 1.807) is 0 Å². The molecule has 4 nitrogen and oxygen atoms in total. The van der Waals surface area contributed by atoms with Crippen LogP contribution in [0.5, 0.6) is 0 Å². The molecule has 1 amide bonds. The van der Waals surface area contributed by atoms with Crippen molar-refractivity contribution in [1.82, 2.24) is 5.32 Å². The van der Waals surface area contributed by atoms with E-state index >= 15 is 0 Å². The molecule has 0 aliphatic heterocycles. The lowest BCUT2D eigenvalue weighted by atomic mass is 10.2. The highest BCUT2D eigenvalue weighted by Gasteiger charge is 2.07. The number of rotatable bonds is 4. The van der Waals surface area contributed by atoms with Crippen molar-refractivity contribution >= 4 is 23.5 Å². The highest BCUT2D eigenvalue weighted by atomic mass is 35.5. The second-order valence-corrected chi connectivity index (χ2v) is 3.50. The summed E-state index contributed by atoms with van der Waals surface area (Å²) >= 11 is 5.53. The van der Waals surface area contributed by atoms with Crippen molar-refractivity contribution in [3.8, 4) is 0 Å². The third-order valence-corrected chi connectivity index (χ3v) is 2.08. The van der Waals surface area contributed by atoms with Gasteiger partial charge in [-0.2, -0.15) is 0 Å². The zero-order chi connectivity index (χ0) is 12.1. The second kappa shape index (κ2) is 5.46. The highest BCUT2D eigenvalue weighted by molar-refractivity contribution is 6.30. The summed E-state index contributed by atoms with van der Waals surface area (Å²) in [6.45, 7) is 0.117. The van der Waals surface area contributed by atoms with Crippen molar-refractivity contribution < 1.29 is 19.1 Å². The SMILES string of the molecule is O=C(O)CC(=O)NCc1ccc(F)c(Cl)c1. The van der Waals surface area contributed by atoms with Crippen molar-refractivity contribution in [2.24, 2.45) is 0 Å². The van der Waals surface area contributed by atoms with Gasteiger partial charge in [0.2, 0.25) is 5.91 Å². The van der Waals surface area contributed by atoms with Crippen LogP contribution in [0.4, 0.5) is 4.39 Å². The number of nitrogens with one attached hydrogen (secondary N) is 1. The Hall–Kier alpha value is -1.62. The Morgan fingerprint density at radius 3 is 2.69 bits per heavy atom. The van der Waals surface area contributed by atoms with Gasteiger partial charge >= 0.3 is 5.97 Å². The molecule has 0 aromatic heterocycles. The Balaban J connectivity index is 2.51. The van der Waals surface area contributed by atoms with Gasteiger partial charge in [0.15, 0.2) is 0 Å². The minimum Gasteiger partial charge on any atom is -0.481 e. The van der Waals surface area contributed by atoms with Gasteiger partial charge in [-0.05, 0) is 17.7 Å². The van der Waals surface area contributed by atoms with E-state index in [0.29, 0.717) is 5.56 Å². The van der Waals surface area contributed by atoms with Gasteiger partial charge in [-0.15, -0.1) is 0 Å². The maximum Gasteiger partial charge on any atom is 0.312 e. The number of carboxylic acids is 1. The van der Waals surface area contributed by atoms with Crippen LogP contribution in [0.15, 0.2) is 18.2 Å². The van der Waals surface area contributed by atoms with Gasteiger partial charge in [0.1, 0.15) is 12.2 Å². The van der Waals surface area contributed by atoms with Gasteiger partial charge in [-0.1, -0.05) is 17.7 Å². The third kappa shape index (κ3) is 3.86. The van der Waals surface area contributed by atoms with E-state index < -0.39 is 24.1 Å². The first-order chi connectivity index (χ1) is 7.49. The number of carbonyl (C=O) groups is 2. The lowest BCUT2D eigenvalue weighted by molar-refractivity contribution is -0.140. The van der Waals surface area contributed by atoms with E-state index in [0.717, 1.165) is 0 Å². The predicted molar refractivity (Wildman–Crippen MR) is 55.5 cm³/mol. The first kappa shape index (κ1) is 12.4. The second-order valence-electron chi connectivity index (χ2n) is 3.10. The minimum absolute atomic E-state index is 0.0371. The zero-order valence-electron chi connectivity index (χ0n) is 8.17. The molecule has 0 fully saturated rings. The van der Waals surface area contributed by atoms with Crippen molar-refractivity contribution in [3.05, 3.63) is 34.6 Å². The Morgan fingerprint density at radius 2 is 2.12 bits per heavy atom. The summed E-state index contributed by atoms with van der Waals surface area (Å²) < 4.78 is 12.8. The number of hydrogen-bond donors (Lipinski definition) is 2. The average molecular weight is 246 g/mol. The summed E-state index contributed by atoms with van der Waals surface area (Å²) in [5.41, 5.74) is 0.602. The van der Waals surface area contributed by atoms with Crippen LogP contribution >= 0.6 is 11.6 Å². The number of hydrogen-bond acceptors (Lipinski definition) is 2. The summed E-state index contributed by atoms with van der Waals surface area (Å²) in [7, 11) is 0. The molecule has 0 spiro atoms. The molecule has 0 unspecified atom stereocenters. The highest BCUT2D eigenvalue weighted by Crippen LogP contribution is 2.15. The summed E-state index contributed by atoms with van der Waals surface area (Å²) in [5.74, 6) is -2.34. The Labute approximate surface area is 96.0 Å². The Morgan fingerprint density at radius 1 is 1.44 bits per heavy atom. The number of carbonyl (C=O) groups excluding carboxylic acids is 1. The third-order valence-electron chi connectivity index (χ3n) is 1.79. The van der Waals surface area contributed by atoms with Gasteiger partial charge in [0.05, 0.1) is 5.02 Å². The number of halogens is 2. The molecule has 0 heterocycles. The normalized spacial score (nSPS) is 9.88. The van der Waals surface area contributed by atoms with Crippen molar-refractivity contribution in [3.63, 3.8) is 0 Å². The fraction of sp³-hybridized carbons (Fsp3) is 0.200. The van der Waals surface area contributed by atoms with Crippen LogP contribution < -0.4 is 5.32 Å². The average Bonchev–Trinajstić information content (AvgIpc) is 2.19. The number of amides is 1. The van der Waals surface area contributed by atoms with Crippen LogP contribution in [-0.4, -0.2) is 17.0 Å². The first-order valence-electron chi connectivity index (χ1n) is 4.41. The number of aliphatic carboxylic acids is 1. The maximum absolute atomic E-state index is 12.8. The summed E-state index contributed by atoms with van der Waals surface area (Å²) in [6.07, 6.45) is -0.588. The molecule has 0 saturated heterocycles. The van der Waals surface area contributed by atoms with E-state index in [4.69, 9.17) is 16.7 Å². The van der Waals surface area contributed by atoms with Crippen LogP contribution in [0.3, 0.4) is 0 Å². The zero-order valence-corrected chi connectivity index (χ0v) is 8.92. The van der Waals surface area contributed by atoms with E-state index in [1.807, 2.05) is 0 Å². The Kier molecular flexibility index (Phi) is 4.25. The molecule has 2 N–H and O–H groups in total. The number of benzene rings is 1. The molecular weight excluding hydrogens is 237 g/mol. The molecule has 16 heavy (non-hydrogen) atoms. The van der Waals surface area contributed by atoms with Crippen LogP contribution in [-0.2, 0) is 16.1 Å². The molecule has 0 aliphatic carbocycles. The fourth-order valence-electron chi connectivity index (χ4n) is 1.05. The van der Waals surface area contributed by atoms with Crippen LogP contribution in [0.2, 0.25) is 5.02 Å². The van der Waals surface area contributed by atoms with Gasteiger partial charge in [0.25, 0.3) is 0 Å². The minimum atomic E-state index is -1.20. The van der Waals surface area contributed by atoms with Gasteiger partial charge < -0.3 is 10.4 Å². The van der Waals surface area contributed by atoms with Crippen LogP contribution in [0.25, 0.3) is 0 Å². The molecule has 1 aromatic rings. The molecule has 0 radical (unpaired) electrons. The van der Waals surface area contributed by atoms with Gasteiger partial charge in [0, 0.05) is 6.54 Å². The molecule has 0 atom stereocenters. The molecule has 1 aromatic carbocycles. The molecule has 1 rings (SSSR count). The summed E-state index contributed by atoms with van der Waals surface area (Å²) in [4.78, 5) is 21.2. The lowest BCUT2D eigenvalue weighted by Gasteiger charge is -2.04. The summed E-state index contributed by atoms with van der Waals surface area (Å²) in [6, 6.07) is 4.02. The van der Waals surface area contributed by atoms with E-state index in [2.05, 4.69) is 5.32 Å². The fourth-order valence-corrected chi connectivity index (χ4v) is 1.25. The lowest BCUT2D eigenvalue weighted by Crippen LogP contribution is -2.25. The summed E-state index contributed by atoms with van der Waals surface area (Å²) in [5, 5.41) is 10.7. The Bertz CT molecular complexity index is 423. The quantitative estimate of drug-likeness (QED) is 0.792. The van der Waals surface area contributed by atoms with Crippen molar-refractivity contribution in [1.29, 1.82) is 0 Å². The largest absolute Gasteiger partial charge is 0.481 e. The maximum atomic E-state index is 12.8. The predicted octanol–water partition coefficient (Wildman–Crippen LogP) is 1.57. The molecule has 0 bridgehead atoms. The molecule has 0 saturated carbocycles. The monoisotopic (exact) mass is 245 g/mol. The molecular formula is C10H9ClFNO3.